The van der Waals surface area contributed by atoms with Crippen molar-refractivity contribution in [1.82, 2.24) is 19.8 Å². The first-order valence-corrected chi connectivity index (χ1v) is 11.2. The Bertz CT molecular complexity index is 939. The molecule has 4 heterocycles. The number of ether oxygens (including phenoxy) is 1. The van der Waals surface area contributed by atoms with Gasteiger partial charge in [-0.15, -0.1) is 11.3 Å². The molecule has 1 N–H and O–H groups in total. The van der Waals surface area contributed by atoms with Crippen LogP contribution in [0.15, 0.2) is 4.79 Å². The van der Waals surface area contributed by atoms with Crippen molar-refractivity contribution in [2.45, 2.75) is 51.2 Å². The van der Waals surface area contributed by atoms with Gasteiger partial charge in [0.15, 0.2) is 0 Å². The molecule has 0 unspecified atom stereocenters. The fourth-order valence-corrected chi connectivity index (χ4v) is 5.88. The normalized spacial score (nSPS) is 23.3. The van der Waals surface area contributed by atoms with Gasteiger partial charge in [0.1, 0.15) is 16.8 Å². The molecule has 5 rings (SSSR count). The highest BCUT2D eigenvalue weighted by Gasteiger charge is 2.30. The second kappa shape index (κ2) is 7.57. The van der Waals surface area contributed by atoms with Crippen LogP contribution in [0.25, 0.3) is 10.2 Å². The van der Waals surface area contributed by atoms with Crippen LogP contribution in [0.5, 0.6) is 0 Å². The number of thiophene rings is 1. The SMILES string of the molecule is O=C([C@H]1CCCO1)N1CCN(Cc2nc3sc4c(c3c(=O)[nH]2)CCCC4)CC1. The molecule has 28 heavy (non-hydrogen) atoms. The van der Waals surface area contributed by atoms with E-state index in [1.54, 1.807) is 11.3 Å². The number of hydrogen-bond donors (Lipinski definition) is 1. The Morgan fingerprint density at radius 2 is 2.00 bits per heavy atom. The number of hydrogen-bond acceptors (Lipinski definition) is 6. The average molecular weight is 403 g/mol. The standard InChI is InChI=1S/C20H26N4O3S/c25-18-17-13-4-1-2-6-15(13)28-19(17)22-16(21-18)12-23-7-9-24(10-8-23)20(26)14-5-3-11-27-14/h14H,1-12H2,(H,21,22,25)/t14-/m1/s1. The van der Waals surface area contributed by atoms with E-state index in [1.807, 2.05) is 4.90 Å². The third kappa shape index (κ3) is 3.38. The number of fused-ring (bicyclic) bond motifs is 3. The number of amides is 1. The zero-order valence-electron chi connectivity index (χ0n) is 16.0. The second-order valence-electron chi connectivity index (χ2n) is 8.01. The van der Waals surface area contributed by atoms with E-state index < -0.39 is 0 Å². The molecular formula is C20H26N4O3S. The number of carbonyl (C=O) groups is 1. The Morgan fingerprint density at radius 3 is 2.79 bits per heavy atom. The molecule has 1 atom stereocenters. The molecule has 2 aliphatic heterocycles. The predicted molar refractivity (Wildman–Crippen MR) is 108 cm³/mol. The molecule has 150 valence electrons. The molecule has 2 fully saturated rings. The summed E-state index contributed by atoms with van der Waals surface area (Å²) in [7, 11) is 0. The Kier molecular flexibility index (Phi) is 4.94. The Morgan fingerprint density at radius 1 is 1.18 bits per heavy atom. The van der Waals surface area contributed by atoms with Gasteiger partial charge in [-0.2, -0.15) is 0 Å². The van der Waals surface area contributed by atoms with Crippen molar-refractivity contribution in [3.05, 3.63) is 26.6 Å². The van der Waals surface area contributed by atoms with Gasteiger partial charge in [0.2, 0.25) is 0 Å². The Balaban J connectivity index is 1.26. The van der Waals surface area contributed by atoms with Gasteiger partial charge in [-0.25, -0.2) is 4.98 Å². The quantitative estimate of drug-likeness (QED) is 0.845. The highest BCUT2D eigenvalue weighted by Crippen LogP contribution is 2.33. The summed E-state index contributed by atoms with van der Waals surface area (Å²) in [5.74, 6) is 0.865. The summed E-state index contributed by atoms with van der Waals surface area (Å²) in [6.45, 7) is 4.32. The molecule has 2 aromatic heterocycles. The molecule has 7 nitrogen and oxygen atoms in total. The van der Waals surface area contributed by atoms with E-state index in [0.29, 0.717) is 26.2 Å². The number of aryl methyl sites for hydroxylation is 2. The maximum absolute atomic E-state index is 12.7. The van der Waals surface area contributed by atoms with Gasteiger partial charge >= 0.3 is 0 Å². The number of rotatable bonds is 3. The van der Waals surface area contributed by atoms with E-state index in [0.717, 1.165) is 61.2 Å². The van der Waals surface area contributed by atoms with E-state index in [1.165, 1.54) is 16.9 Å². The van der Waals surface area contributed by atoms with E-state index in [2.05, 4.69) is 9.88 Å². The van der Waals surface area contributed by atoms with Crippen LogP contribution < -0.4 is 5.56 Å². The van der Waals surface area contributed by atoms with Gasteiger partial charge in [-0.1, -0.05) is 0 Å². The van der Waals surface area contributed by atoms with Gasteiger partial charge in [0.25, 0.3) is 11.5 Å². The van der Waals surface area contributed by atoms with E-state index >= 15 is 0 Å². The number of carbonyl (C=O) groups excluding carboxylic acids is 1. The number of nitrogens with one attached hydrogen (secondary N) is 1. The van der Waals surface area contributed by atoms with Crippen LogP contribution in [0.4, 0.5) is 0 Å². The van der Waals surface area contributed by atoms with Crippen molar-refractivity contribution in [1.29, 1.82) is 0 Å². The van der Waals surface area contributed by atoms with Gasteiger partial charge in [-0.3, -0.25) is 14.5 Å². The molecule has 2 saturated heterocycles. The van der Waals surface area contributed by atoms with Crippen LogP contribution in [0, 0.1) is 0 Å². The number of aromatic amines is 1. The molecule has 8 heteroatoms. The highest BCUT2D eigenvalue weighted by molar-refractivity contribution is 7.18. The third-order valence-corrected chi connectivity index (χ3v) is 7.32. The van der Waals surface area contributed by atoms with Crippen molar-refractivity contribution < 1.29 is 9.53 Å². The van der Waals surface area contributed by atoms with E-state index in [9.17, 15) is 9.59 Å². The first kappa shape index (κ1) is 18.3. The maximum Gasteiger partial charge on any atom is 0.259 e. The van der Waals surface area contributed by atoms with Crippen molar-refractivity contribution >= 4 is 27.5 Å². The summed E-state index contributed by atoms with van der Waals surface area (Å²) in [5.41, 5.74) is 1.24. The van der Waals surface area contributed by atoms with E-state index in [4.69, 9.17) is 9.72 Å². The monoisotopic (exact) mass is 402 g/mol. The summed E-state index contributed by atoms with van der Waals surface area (Å²) in [4.78, 5) is 39.4. The van der Waals surface area contributed by atoms with Crippen LogP contribution >= 0.6 is 11.3 Å². The van der Waals surface area contributed by atoms with Gasteiger partial charge < -0.3 is 14.6 Å². The minimum Gasteiger partial charge on any atom is -0.368 e. The lowest BCUT2D eigenvalue weighted by Crippen LogP contribution is -2.51. The molecule has 0 radical (unpaired) electrons. The van der Waals surface area contributed by atoms with Crippen molar-refractivity contribution in [3.8, 4) is 0 Å². The number of H-pyrrole nitrogens is 1. The largest absolute Gasteiger partial charge is 0.368 e. The number of piperazine rings is 1. The molecule has 0 bridgehead atoms. The third-order valence-electron chi connectivity index (χ3n) is 6.14. The zero-order chi connectivity index (χ0) is 19.1. The van der Waals surface area contributed by atoms with Gasteiger partial charge in [0.05, 0.1) is 11.9 Å². The summed E-state index contributed by atoms with van der Waals surface area (Å²) < 4.78 is 5.53. The molecule has 0 aromatic carbocycles. The summed E-state index contributed by atoms with van der Waals surface area (Å²) in [6, 6.07) is 0. The van der Waals surface area contributed by atoms with Crippen LogP contribution in [0.1, 0.15) is 41.9 Å². The average Bonchev–Trinajstić information content (AvgIpc) is 3.36. The fraction of sp³-hybridized carbons (Fsp3) is 0.650. The second-order valence-corrected chi connectivity index (χ2v) is 9.09. The predicted octanol–water partition coefficient (Wildman–Crippen LogP) is 1.69. The first-order chi connectivity index (χ1) is 13.7. The lowest BCUT2D eigenvalue weighted by molar-refractivity contribution is -0.142. The van der Waals surface area contributed by atoms with Gasteiger partial charge in [-0.05, 0) is 44.1 Å². The topological polar surface area (TPSA) is 78.5 Å². The minimum atomic E-state index is -0.239. The van der Waals surface area contributed by atoms with Crippen LogP contribution in [-0.4, -0.2) is 64.6 Å². The van der Waals surface area contributed by atoms with Crippen molar-refractivity contribution in [2.75, 3.05) is 32.8 Å². The molecule has 1 aliphatic carbocycles. The first-order valence-electron chi connectivity index (χ1n) is 10.4. The highest BCUT2D eigenvalue weighted by atomic mass is 32.1. The minimum absolute atomic E-state index is 0.00611. The fourth-order valence-electron chi connectivity index (χ4n) is 4.60. The lowest BCUT2D eigenvalue weighted by atomic mass is 9.97. The maximum atomic E-state index is 12.7. The van der Waals surface area contributed by atoms with Crippen LogP contribution in [0.3, 0.4) is 0 Å². The van der Waals surface area contributed by atoms with Crippen molar-refractivity contribution in [3.63, 3.8) is 0 Å². The smallest absolute Gasteiger partial charge is 0.259 e. The Labute approximate surface area is 167 Å². The van der Waals surface area contributed by atoms with Crippen LogP contribution in [0.2, 0.25) is 0 Å². The molecular weight excluding hydrogens is 376 g/mol. The lowest BCUT2D eigenvalue weighted by Gasteiger charge is -2.35. The summed E-state index contributed by atoms with van der Waals surface area (Å²) in [5, 5.41) is 0.815. The zero-order valence-corrected chi connectivity index (χ0v) is 16.9. The summed E-state index contributed by atoms with van der Waals surface area (Å²) in [6.07, 6.45) is 6.02. The molecule has 0 saturated carbocycles. The van der Waals surface area contributed by atoms with Crippen molar-refractivity contribution in [2.24, 2.45) is 0 Å². The Hall–Kier alpha value is -1.77. The molecule has 0 spiro atoms. The number of aromatic nitrogens is 2. The number of nitrogens with zero attached hydrogens (tertiary/aromatic N) is 3. The molecule has 2 aromatic rings. The summed E-state index contributed by atoms with van der Waals surface area (Å²) >= 11 is 1.69. The molecule has 3 aliphatic rings. The molecule has 1 amide bonds. The van der Waals surface area contributed by atoms with Crippen LogP contribution in [-0.2, 0) is 28.9 Å². The van der Waals surface area contributed by atoms with E-state index in [-0.39, 0.29) is 17.6 Å². The van der Waals surface area contributed by atoms with Gasteiger partial charge in [0, 0.05) is 37.7 Å².